The first-order valence-corrected chi connectivity index (χ1v) is 7.13. The van der Waals surface area contributed by atoms with Crippen LogP contribution in [-0.4, -0.2) is 28.7 Å². The zero-order valence-corrected chi connectivity index (χ0v) is 12.3. The number of hydrogen-bond acceptors (Lipinski definition) is 1. The van der Waals surface area contributed by atoms with E-state index in [1.54, 1.807) is 0 Å². The number of likely N-dealkylation sites (tertiary alicyclic amines) is 1. The molecule has 2 nitrogen and oxygen atoms in total. The second-order valence-corrected chi connectivity index (χ2v) is 7.50. The minimum atomic E-state index is 0.0613. The van der Waals surface area contributed by atoms with Gasteiger partial charge in [0.25, 0.3) is 0 Å². The lowest BCUT2D eigenvalue weighted by molar-refractivity contribution is -0.132. The molecule has 1 heterocycles. The molecule has 2 rings (SSSR count). The standard InChI is InChI=1S/C13H22BrNO/c1-12(2)10(13(12,3)4)8-15-7-5-6-9(14)11(15)16/h9-10H,5-8H2,1-4H3. The molecule has 0 spiro atoms. The van der Waals surface area contributed by atoms with Crippen molar-refractivity contribution in [1.82, 2.24) is 4.90 Å². The summed E-state index contributed by atoms with van der Waals surface area (Å²) in [6.07, 6.45) is 2.13. The molecule has 0 N–H and O–H groups in total. The number of halogens is 1. The van der Waals surface area contributed by atoms with Gasteiger partial charge in [-0.3, -0.25) is 4.79 Å². The summed E-state index contributed by atoms with van der Waals surface area (Å²) in [5, 5.41) is 0. The van der Waals surface area contributed by atoms with Crippen LogP contribution in [0.5, 0.6) is 0 Å². The number of carbonyl (C=O) groups excluding carboxylic acids is 1. The van der Waals surface area contributed by atoms with Gasteiger partial charge in [-0.1, -0.05) is 43.6 Å². The van der Waals surface area contributed by atoms with E-state index in [0.717, 1.165) is 25.9 Å². The van der Waals surface area contributed by atoms with Crippen molar-refractivity contribution in [3.8, 4) is 0 Å². The molecule has 3 heteroatoms. The molecule has 1 atom stereocenters. The van der Waals surface area contributed by atoms with E-state index in [0.29, 0.717) is 22.7 Å². The second-order valence-electron chi connectivity index (χ2n) is 6.39. The Bertz CT molecular complexity index is 297. The molecule has 1 saturated carbocycles. The SMILES string of the molecule is CC1(C)C(CN2CCCC(Br)C2=O)C1(C)C. The van der Waals surface area contributed by atoms with Crippen molar-refractivity contribution in [2.45, 2.75) is 45.4 Å². The summed E-state index contributed by atoms with van der Waals surface area (Å²) >= 11 is 3.47. The number of piperidine rings is 1. The largest absolute Gasteiger partial charge is 0.341 e. The normalized spacial score (nSPS) is 32.9. The summed E-state index contributed by atoms with van der Waals surface area (Å²) in [6, 6.07) is 0. The molecule has 16 heavy (non-hydrogen) atoms. The Balaban J connectivity index is 1.99. The van der Waals surface area contributed by atoms with Crippen LogP contribution in [0.3, 0.4) is 0 Å². The third kappa shape index (κ3) is 1.71. The van der Waals surface area contributed by atoms with Gasteiger partial charge in [-0.25, -0.2) is 0 Å². The highest BCUT2D eigenvalue weighted by Crippen LogP contribution is 2.68. The molecule has 2 fully saturated rings. The van der Waals surface area contributed by atoms with Crippen LogP contribution >= 0.6 is 15.9 Å². The minimum absolute atomic E-state index is 0.0613. The van der Waals surface area contributed by atoms with Crippen molar-refractivity contribution in [1.29, 1.82) is 0 Å². The lowest BCUT2D eigenvalue weighted by atomic mass is 10.0. The second kappa shape index (κ2) is 3.72. The van der Waals surface area contributed by atoms with Crippen LogP contribution in [0.25, 0.3) is 0 Å². The predicted molar refractivity (Wildman–Crippen MR) is 69.6 cm³/mol. The lowest BCUT2D eigenvalue weighted by Crippen LogP contribution is -2.43. The third-order valence-electron chi connectivity index (χ3n) is 5.19. The van der Waals surface area contributed by atoms with E-state index in [9.17, 15) is 4.79 Å². The Morgan fingerprint density at radius 3 is 2.38 bits per heavy atom. The fourth-order valence-electron chi connectivity index (χ4n) is 3.08. The summed E-state index contributed by atoms with van der Waals surface area (Å²) in [6.45, 7) is 11.2. The number of carbonyl (C=O) groups is 1. The topological polar surface area (TPSA) is 20.3 Å². The molecular formula is C13H22BrNO. The van der Waals surface area contributed by atoms with Crippen molar-refractivity contribution in [2.75, 3.05) is 13.1 Å². The predicted octanol–water partition coefficient (Wildman–Crippen LogP) is 3.05. The molecule has 0 bridgehead atoms. The van der Waals surface area contributed by atoms with Gasteiger partial charge < -0.3 is 4.90 Å². The van der Waals surface area contributed by atoms with Crippen molar-refractivity contribution in [2.24, 2.45) is 16.7 Å². The van der Waals surface area contributed by atoms with Gasteiger partial charge in [-0.05, 0) is 29.6 Å². The quantitative estimate of drug-likeness (QED) is 0.715. The molecule has 2 aliphatic rings. The number of rotatable bonds is 2. The molecule has 1 aliphatic carbocycles. The van der Waals surface area contributed by atoms with Crippen LogP contribution < -0.4 is 0 Å². The molecule has 1 aliphatic heterocycles. The highest BCUT2D eigenvalue weighted by atomic mass is 79.9. The molecule has 1 unspecified atom stereocenters. The van der Waals surface area contributed by atoms with Crippen molar-refractivity contribution in [3.05, 3.63) is 0 Å². The summed E-state index contributed by atoms with van der Waals surface area (Å²) in [7, 11) is 0. The third-order valence-corrected chi connectivity index (χ3v) is 6.04. The van der Waals surface area contributed by atoms with Gasteiger partial charge in [0, 0.05) is 13.1 Å². The number of nitrogens with zero attached hydrogens (tertiary/aromatic N) is 1. The molecule has 0 radical (unpaired) electrons. The first kappa shape index (κ1) is 12.4. The first-order chi connectivity index (χ1) is 7.28. The van der Waals surface area contributed by atoms with Crippen molar-refractivity contribution >= 4 is 21.8 Å². The molecule has 1 saturated heterocycles. The van der Waals surface area contributed by atoms with Crippen molar-refractivity contribution < 1.29 is 4.79 Å². The van der Waals surface area contributed by atoms with Gasteiger partial charge >= 0.3 is 0 Å². The van der Waals surface area contributed by atoms with E-state index in [1.165, 1.54) is 0 Å². The number of alkyl halides is 1. The average Bonchev–Trinajstić information content (AvgIpc) is 2.55. The zero-order valence-electron chi connectivity index (χ0n) is 10.7. The fraction of sp³-hybridized carbons (Fsp3) is 0.923. The Kier molecular flexibility index (Phi) is 2.89. The maximum Gasteiger partial charge on any atom is 0.236 e. The Morgan fingerprint density at radius 2 is 1.88 bits per heavy atom. The molecule has 0 aromatic heterocycles. The highest BCUT2D eigenvalue weighted by Gasteiger charge is 2.64. The maximum absolute atomic E-state index is 12.0. The molecule has 1 amide bonds. The van der Waals surface area contributed by atoms with E-state index < -0.39 is 0 Å². The van der Waals surface area contributed by atoms with E-state index >= 15 is 0 Å². The van der Waals surface area contributed by atoms with Gasteiger partial charge in [0.2, 0.25) is 5.91 Å². The van der Waals surface area contributed by atoms with E-state index in [2.05, 4.69) is 48.5 Å². The van der Waals surface area contributed by atoms with Crippen LogP contribution in [0.4, 0.5) is 0 Å². The van der Waals surface area contributed by atoms with E-state index in [-0.39, 0.29) is 4.83 Å². The molecular weight excluding hydrogens is 266 g/mol. The number of amides is 1. The summed E-state index contributed by atoms with van der Waals surface area (Å²) in [5.74, 6) is 0.950. The summed E-state index contributed by atoms with van der Waals surface area (Å²) < 4.78 is 0. The van der Waals surface area contributed by atoms with Gasteiger partial charge in [0.15, 0.2) is 0 Å². The van der Waals surface area contributed by atoms with E-state index in [1.807, 2.05) is 0 Å². The zero-order chi connectivity index (χ0) is 12.1. The summed E-state index contributed by atoms with van der Waals surface area (Å²) in [4.78, 5) is 14.1. The summed E-state index contributed by atoms with van der Waals surface area (Å²) in [5.41, 5.74) is 0.763. The van der Waals surface area contributed by atoms with Crippen LogP contribution in [0.1, 0.15) is 40.5 Å². The minimum Gasteiger partial charge on any atom is -0.341 e. The fourth-order valence-corrected chi connectivity index (χ4v) is 3.70. The van der Waals surface area contributed by atoms with Gasteiger partial charge in [-0.15, -0.1) is 0 Å². The van der Waals surface area contributed by atoms with Crippen molar-refractivity contribution in [3.63, 3.8) is 0 Å². The lowest BCUT2D eigenvalue weighted by Gasteiger charge is -2.30. The monoisotopic (exact) mass is 287 g/mol. The molecule has 0 aromatic rings. The maximum atomic E-state index is 12.0. The first-order valence-electron chi connectivity index (χ1n) is 6.21. The van der Waals surface area contributed by atoms with E-state index in [4.69, 9.17) is 0 Å². The van der Waals surface area contributed by atoms with Crippen LogP contribution in [0, 0.1) is 16.7 Å². The molecule has 92 valence electrons. The smallest absolute Gasteiger partial charge is 0.236 e. The molecule has 0 aromatic carbocycles. The van der Waals surface area contributed by atoms with Crippen LogP contribution in [0.2, 0.25) is 0 Å². The van der Waals surface area contributed by atoms with Gasteiger partial charge in [0.1, 0.15) is 0 Å². The highest BCUT2D eigenvalue weighted by molar-refractivity contribution is 9.10. The Morgan fingerprint density at radius 1 is 1.31 bits per heavy atom. The van der Waals surface area contributed by atoms with Gasteiger partial charge in [-0.2, -0.15) is 0 Å². The number of hydrogen-bond donors (Lipinski definition) is 0. The Labute approximate surface area is 107 Å². The average molecular weight is 288 g/mol. The van der Waals surface area contributed by atoms with Crippen LogP contribution in [-0.2, 0) is 4.79 Å². The Hall–Kier alpha value is -0.0500. The van der Waals surface area contributed by atoms with Crippen LogP contribution in [0.15, 0.2) is 0 Å². The van der Waals surface area contributed by atoms with Gasteiger partial charge in [0.05, 0.1) is 4.83 Å².